The first kappa shape index (κ1) is 15.7. The maximum absolute atomic E-state index is 13.5. The van der Waals surface area contributed by atoms with E-state index in [0.29, 0.717) is 11.8 Å². The van der Waals surface area contributed by atoms with E-state index in [-0.39, 0.29) is 5.82 Å². The van der Waals surface area contributed by atoms with Crippen LogP contribution in [0.1, 0.15) is 30.9 Å². The van der Waals surface area contributed by atoms with Gasteiger partial charge in [0.15, 0.2) is 0 Å². The molecule has 0 saturated heterocycles. The Kier molecular flexibility index (Phi) is 5.94. The summed E-state index contributed by atoms with van der Waals surface area (Å²) in [6.07, 6.45) is 0.728. The molecule has 1 atom stereocenters. The minimum absolute atomic E-state index is 0.109. The third-order valence-corrected chi connectivity index (χ3v) is 3.93. The number of hydrogen-bond acceptors (Lipinski definition) is 1. The first-order valence-electron chi connectivity index (χ1n) is 7.67. The molecule has 0 heterocycles. The number of benzene rings is 2. The van der Waals surface area contributed by atoms with Crippen LogP contribution in [0.15, 0.2) is 54.6 Å². The number of rotatable bonds is 7. The first-order chi connectivity index (χ1) is 10.2. The van der Waals surface area contributed by atoms with E-state index < -0.39 is 0 Å². The van der Waals surface area contributed by atoms with Gasteiger partial charge in [-0.1, -0.05) is 62.4 Å². The summed E-state index contributed by atoms with van der Waals surface area (Å²) in [5.41, 5.74) is 2.15. The molecule has 112 valence electrons. The quantitative estimate of drug-likeness (QED) is 0.744. The molecule has 0 aromatic heterocycles. The van der Waals surface area contributed by atoms with Crippen LogP contribution in [-0.2, 0) is 6.42 Å². The van der Waals surface area contributed by atoms with Crippen molar-refractivity contribution in [1.82, 2.24) is 5.32 Å². The van der Waals surface area contributed by atoms with Crippen LogP contribution in [0.25, 0.3) is 0 Å². The molecular formula is C19H24FN. The fourth-order valence-electron chi connectivity index (χ4n) is 2.62. The van der Waals surface area contributed by atoms with E-state index in [4.69, 9.17) is 0 Å². The van der Waals surface area contributed by atoms with Crippen molar-refractivity contribution in [3.8, 4) is 0 Å². The highest BCUT2D eigenvalue weighted by Gasteiger charge is 2.14. The Hall–Kier alpha value is -1.67. The standard InChI is InChI=1S/C19H24FN/c1-15(2)18(16-8-4-3-5-9-16)14-21-13-12-17-10-6-7-11-19(17)20/h3-11,15,18,21H,12-14H2,1-2H3. The van der Waals surface area contributed by atoms with Gasteiger partial charge in [-0.3, -0.25) is 0 Å². The zero-order valence-corrected chi connectivity index (χ0v) is 12.9. The van der Waals surface area contributed by atoms with Crippen LogP contribution >= 0.6 is 0 Å². The Balaban J connectivity index is 1.85. The summed E-state index contributed by atoms with van der Waals surface area (Å²) >= 11 is 0. The van der Waals surface area contributed by atoms with Crippen LogP contribution in [0.2, 0.25) is 0 Å². The highest BCUT2D eigenvalue weighted by atomic mass is 19.1. The number of nitrogens with one attached hydrogen (secondary N) is 1. The zero-order valence-electron chi connectivity index (χ0n) is 12.9. The molecule has 1 unspecified atom stereocenters. The van der Waals surface area contributed by atoms with Crippen LogP contribution in [-0.4, -0.2) is 13.1 Å². The van der Waals surface area contributed by atoms with Gasteiger partial charge in [0.1, 0.15) is 5.82 Å². The van der Waals surface area contributed by atoms with Gasteiger partial charge in [0.2, 0.25) is 0 Å². The first-order valence-corrected chi connectivity index (χ1v) is 7.67. The van der Waals surface area contributed by atoms with E-state index in [1.54, 1.807) is 6.07 Å². The monoisotopic (exact) mass is 285 g/mol. The molecule has 2 rings (SSSR count). The molecule has 0 aliphatic heterocycles. The van der Waals surface area contributed by atoms with Gasteiger partial charge in [-0.2, -0.15) is 0 Å². The molecule has 0 aliphatic rings. The van der Waals surface area contributed by atoms with Crippen molar-refractivity contribution in [3.63, 3.8) is 0 Å². The molecule has 21 heavy (non-hydrogen) atoms. The highest BCUT2D eigenvalue weighted by Crippen LogP contribution is 2.23. The maximum Gasteiger partial charge on any atom is 0.126 e. The summed E-state index contributed by atoms with van der Waals surface area (Å²) in [6, 6.07) is 17.6. The lowest BCUT2D eigenvalue weighted by Gasteiger charge is -2.22. The van der Waals surface area contributed by atoms with Crippen molar-refractivity contribution in [2.45, 2.75) is 26.2 Å². The van der Waals surface area contributed by atoms with Crippen LogP contribution < -0.4 is 5.32 Å². The topological polar surface area (TPSA) is 12.0 Å². The second-order valence-corrected chi connectivity index (χ2v) is 5.81. The predicted octanol–water partition coefficient (Wildman–Crippen LogP) is 4.40. The molecule has 0 saturated carbocycles. The summed E-state index contributed by atoms with van der Waals surface area (Å²) in [5.74, 6) is 0.961. The van der Waals surface area contributed by atoms with Gasteiger partial charge in [0.25, 0.3) is 0 Å². The van der Waals surface area contributed by atoms with Crippen molar-refractivity contribution in [3.05, 3.63) is 71.5 Å². The Morgan fingerprint density at radius 2 is 1.62 bits per heavy atom. The van der Waals surface area contributed by atoms with Crippen LogP contribution in [0, 0.1) is 11.7 Å². The molecule has 0 fully saturated rings. The Morgan fingerprint density at radius 1 is 0.952 bits per heavy atom. The summed E-state index contributed by atoms with van der Waals surface area (Å²) in [5, 5.41) is 3.47. The molecule has 0 spiro atoms. The second kappa shape index (κ2) is 7.94. The smallest absolute Gasteiger partial charge is 0.126 e. The SMILES string of the molecule is CC(C)C(CNCCc1ccccc1F)c1ccccc1. The summed E-state index contributed by atoms with van der Waals surface area (Å²) < 4.78 is 13.5. The molecular weight excluding hydrogens is 261 g/mol. The molecule has 2 aromatic carbocycles. The molecule has 0 bridgehead atoms. The van der Waals surface area contributed by atoms with E-state index in [1.807, 2.05) is 18.2 Å². The summed E-state index contributed by atoms with van der Waals surface area (Å²) in [4.78, 5) is 0. The Bertz CT molecular complexity index is 536. The largest absolute Gasteiger partial charge is 0.316 e. The average Bonchev–Trinajstić information content (AvgIpc) is 2.49. The molecule has 0 aliphatic carbocycles. The van der Waals surface area contributed by atoms with Crippen LogP contribution in [0.5, 0.6) is 0 Å². The Labute approximate surface area is 127 Å². The summed E-state index contributed by atoms with van der Waals surface area (Å²) in [6.45, 7) is 6.22. The lowest BCUT2D eigenvalue weighted by Crippen LogP contribution is -2.26. The predicted molar refractivity (Wildman–Crippen MR) is 87.0 cm³/mol. The van der Waals surface area contributed by atoms with Crippen molar-refractivity contribution < 1.29 is 4.39 Å². The third kappa shape index (κ3) is 4.68. The van der Waals surface area contributed by atoms with Crippen molar-refractivity contribution in [1.29, 1.82) is 0 Å². The van der Waals surface area contributed by atoms with Gasteiger partial charge >= 0.3 is 0 Å². The van der Waals surface area contributed by atoms with Crippen molar-refractivity contribution in [2.24, 2.45) is 5.92 Å². The van der Waals surface area contributed by atoms with Gasteiger partial charge in [0.05, 0.1) is 0 Å². The van der Waals surface area contributed by atoms with Gasteiger partial charge in [-0.15, -0.1) is 0 Å². The molecule has 1 nitrogen and oxygen atoms in total. The second-order valence-electron chi connectivity index (χ2n) is 5.81. The van der Waals surface area contributed by atoms with Gasteiger partial charge < -0.3 is 5.32 Å². The summed E-state index contributed by atoms with van der Waals surface area (Å²) in [7, 11) is 0. The Morgan fingerprint density at radius 3 is 2.29 bits per heavy atom. The van der Waals surface area contributed by atoms with Crippen molar-refractivity contribution in [2.75, 3.05) is 13.1 Å². The van der Waals surface area contributed by atoms with E-state index in [1.165, 1.54) is 11.6 Å². The van der Waals surface area contributed by atoms with E-state index >= 15 is 0 Å². The lowest BCUT2D eigenvalue weighted by atomic mass is 9.88. The van der Waals surface area contributed by atoms with Crippen molar-refractivity contribution >= 4 is 0 Å². The van der Waals surface area contributed by atoms with E-state index in [9.17, 15) is 4.39 Å². The highest BCUT2D eigenvalue weighted by molar-refractivity contribution is 5.21. The van der Waals surface area contributed by atoms with Gasteiger partial charge in [0, 0.05) is 6.54 Å². The normalized spacial score (nSPS) is 12.6. The van der Waals surface area contributed by atoms with Crippen LogP contribution in [0.3, 0.4) is 0 Å². The average molecular weight is 285 g/mol. The van der Waals surface area contributed by atoms with E-state index in [2.05, 4.69) is 43.4 Å². The molecule has 0 amide bonds. The van der Waals surface area contributed by atoms with E-state index in [0.717, 1.165) is 25.1 Å². The maximum atomic E-state index is 13.5. The minimum atomic E-state index is -0.109. The number of hydrogen-bond donors (Lipinski definition) is 1. The zero-order chi connectivity index (χ0) is 15.1. The number of halogens is 1. The minimum Gasteiger partial charge on any atom is -0.316 e. The van der Waals surface area contributed by atoms with Gasteiger partial charge in [-0.05, 0) is 42.0 Å². The fourth-order valence-corrected chi connectivity index (χ4v) is 2.62. The molecule has 1 N–H and O–H groups in total. The third-order valence-electron chi connectivity index (χ3n) is 3.93. The fraction of sp³-hybridized carbons (Fsp3) is 0.368. The molecule has 2 heteroatoms. The van der Waals surface area contributed by atoms with Gasteiger partial charge in [-0.25, -0.2) is 4.39 Å². The van der Waals surface area contributed by atoms with Crippen LogP contribution in [0.4, 0.5) is 4.39 Å². The molecule has 0 radical (unpaired) electrons. The molecule has 2 aromatic rings. The lowest BCUT2D eigenvalue weighted by molar-refractivity contribution is 0.462.